The van der Waals surface area contributed by atoms with Gasteiger partial charge in [-0.2, -0.15) is 0 Å². The first-order valence-corrected chi connectivity index (χ1v) is 17.4. The molecular formula is C42H68O2. The zero-order valence-electron chi connectivity index (χ0n) is 30.3. The van der Waals surface area contributed by atoms with Gasteiger partial charge in [-0.1, -0.05) is 93.2 Å². The topological polar surface area (TPSA) is 37.3 Å². The second-order valence-electron chi connectivity index (χ2n) is 13.2. The second-order valence-corrected chi connectivity index (χ2v) is 13.2. The minimum Gasteiger partial charge on any atom is -0.481 e. The fourth-order valence-electron chi connectivity index (χ4n) is 4.97. The summed E-state index contributed by atoms with van der Waals surface area (Å²) >= 11 is 0. The van der Waals surface area contributed by atoms with Crippen LogP contribution in [0.25, 0.3) is 0 Å². The van der Waals surface area contributed by atoms with Crippen LogP contribution in [0.15, 0.2) is 93.2 Å². The van der Waals surface area contributed by atoms with Crippen LogP contribution in [0.2, 0.25) is 0 Å². The molecule has 0 radical (unpaired) electrons. The van der Waals surface area contributed by atoms with E-state index in [1.54, 1.807) is 0 Å². The van der Waals surface area contributed by atoms with Crippen LogP contribution >= 0.6 is 0 Å². The highest BCUT2D eigenvalue weighted by Crippen LogP contribution is 2.17. The molecule has 2 nitrogen and oxygen atoms in total. The second kappa shape index (κ2) is 26.8. The highest BCUT2D eigenvalue weighted by molar-refractivity contribution is 5.66. The summed E-state index contributed by atoms with van der Waals surface area (Å²) in [4.78, 5) is 10.6. The van der Waals surface area contributed by atoms with E-state index in [1.165, 1.54) is 70.3 Å². The lowest BCUT2D eigenvalue weighted by Crippen LogP contribution is -1.92. The SMILES string of the molecule is CC=C(C)CCC(C)=CCCC(C)=CCCC(C)=CCCC(C)=CCCC(C)=CCCC(C)=CCCC(C)=CCCC(=O)O. The summed E-state index contributed by atoms with van der Waals surface area (Å²) in [5, 5.41) is 8.74. The number of hydrogen-bond donors (Lipinski definition) is 1. The Labute approximate surface area is 273 Å². The van der Waals surface area contributed by atoms with Gasteiger partial charge in [0.25, 0.3) is 0 Å². The van der Waals surface area contributed by atoms with Crippen molar-refractivity contribution in [1.82, 2.24) is 0 Å². The molecule has 0 aromatic rings. The summed E-state index contributed by atoms with van der Waals surface area (Å²) < 4.78 is 0. The summed E-state index contributed by atoms with van der Waals surface area (Å²) in [7, 11) is 0. The van der Waals surface area contributed by atoms with E-state index >= 15 is 0 Å². The van der Waals surface area contributed by atoms with Crippen molar-refractivity contribution in [3.63, 3.8) is 0 Å². The quantitative estimate of drug-likeness (QED) is 0.111. The average molecular weight is 605 g/mol. The van der Waals surface area contributed by atoms with Crippen molar-refractivity contribution in [2.45, 2.75) is 165 Å². The molecular weight excluding hydrogens is 536 g/mol. The summed E-state index contributed by atoms with van der Waals surface area (Å²) in [6.45, 7) is 20.1. The number of carboxylic acid groups (broad SMARTS) is 1. The van der Waals surface area contributed by atoms with Crippen LogP contribution in [0.1, 0.15) is 165 Å². The van der Waals surface area contributed by atoms with Crippen LogP contribution in [0.5, 0.6) is 0 Å². The van der Waals surface area contributed by atoms with Crippen molar-refractivity contribution >= 4 is 5.97 Å². The van der Waals surface area contributed by atoms with E-state index in [-0.39, 0.29) is 6.42 Å². The number of allylic oxidation sites excluding steroid dienone is 16. The number of carbonyl (C=O) groups is 1. The van der Waals surface area contributed by atoms with Crippen molar-refractivity contribution in [2.24, 2.45) is 0 Å². The van der Waals surface area contributed by atoms with Gasteiger partial charge in [0.15, 0.2) is 0 Å². The number of aliphatic carboxylic acids is 1. The van der Waals surface area contributed by atoms with Crippen molar-refractivity contribution in [3.8, 4) is 0 Å². The van der Waals surface area contributed by atoms with Gasteiger partial charge in [-0.3, -0.25) is 4.79 Å². The maximum absolute atomic E-state index is 10.6. The fraction of sp³-hybridized carbons (Fsp3) is 0.595. The summed E-state index contributed by atoms with van der Waals surface area (Å²) in [5.41, 5.74) is 11.8. The van der Waals surface area contributed by atoms with Gasteiger partial charge in [-0.05, 0) is 159 Å². The van der Waals surface area contributed by atoms with E-state index in [0.717, 1.165) is 64.2 Å². The van der Waals surface area contributed by atoms with E-state index in [2.05, 4.69) is 111 Å². The van der Waals surface area contributed by atoms with E-state index in [9.17, 15) is 4.79 Å². The van der Waals surface area contributed by atoms with Gasteiger partial charge in [-0.25, -0.2) is 0 Å². The molecule has 0 bridgehead atoms. The van der Waals surface area contributed by atoms with E-state index in [4.69, 9.17) is 5.11 Å². The van der Waals surface area contributed by atoms with Gasteiger partial charge in [0, 0.05) is 6.42 Å². The van der Waals surface area contributed by atoms with E-state index in [0.29, 0.717) is 6.42 Å². The lowest BCUT2D eigenvalue weighted by atomic mass is 10.0. The predicted octanol–water partition coefficient (Wildman–Crippen LogP) is 13.9. The van der Waals surface area contributed by atoms with Crippen molar-refractivity contribution < 1.29 is 9.90 Å². The largest absolute Gasteiger partial charge is 0.481 e. The summed E-state index contributed by atoms with van der Waals surface area (Å²) in [6.07, 6.45) is 35.5. The van der Waals surface area contributed by atoms with E-state index < -0.39 is 5.97 Å². The molecule has 0 aliphatic heterocycles. The molecule has 2 heteroatoms. The minimum atomic E-state index is -0.724. The molecule has 0 aromatic heterocycles. The fourth-order valence-corrected chi connectivity index (χ4v) is 4.97. The maximum Gasteiger partial charge on any atom is 0.303 e. The maximum atomic E-state index is 10.6. The molecule has 44 heavy (non-hydrogen) atoms. The Morgan fingerprint density at radius 1 is 0.364 bits per heavy atom. The van der Waals surface area contributed by atoms with Gasteiger partial charge in [-0.15, -0.1) is 0 Å². The smallest absolute Gasteiger partial charge is 0.303 e. The normalized spacial score (nSPS) is 14.9. The predicted molar refractivity (Wildman–Crippen MR) is 197 cm³/mol. The lowest BCUT2D eigenvalue weighted by molar-refractivity contribution is -0.136. The van der Waals surface area contributed by atoms with Crippen molar-refractivity contribution in [1.29, 1.82) is 0 Å². The van der Waals surface area contributed by atoms with Gasteiger partial charge in [0.2, 0.25) is 0 Å². The number of rotatable bonds is 24. The molecule has 0 aliphatic rings. The van der Waals surface area contributed by atoms with Crippen molar-refractivity contribution in [3.05, 3.63) is 93.2 Å². The van der Waals surface area contributed by atoms with Crippen LogP contribution < -0.4 is 0 Å². The van der Waals surface area contributed by atoms with Crippen LogP contribution in [0.3, 0.4) is 0 Å². The van der Waals surface area contributed by atoms with E-state index in [1.807, 2.05) is 0 Å². The highest BCUT2D eigenvalue weighted by Gasteiger charge is 1.98. The zero-order chi connectivity index (χ0) is 33.2. The molecule has 0 aromatic carbocycles. The monoisotopic (exact) mass is 605 g/mol. The molecule has 0 heterocycles. The lowest BCUT2D eigenvalue weighted by Gasteiger charge is -2.04. The highest BCUT2D eigenvalue weighted by atomic mass is 16.4. The van der Waals surface area contributed by atoms with Crippen LogP contribution in [-0.2, 0) is 4.79 Å². The first-order valence-electron chi connectivity index (χ1n) is 17.4. The third-order valence-electron chi connectivity index (χ3n) is 8.45. The molecule has 0 fully saturated rings. The third-order valence-corrected chi connectivity index (χ3v) is 8.45. The standard InChI is InChI=1S/C42H68O2/c1-10-34(2)32-33-41(9)29-16-28-39(7)25-14-24-37(5)21-12-20-35(3)18-11-19-36(4)22-13-23-38(6)26-15-27-40(8)30-17-31-42(43)44/h10,18,21-22,25-26,29-30H,11-17,19-20,23-24,27-28,31-33H2,1-9H3,(H,43,44). The average Bonchev–Trinajstić information content (AvgIpc) is 2.95. The van der Waals surface area contributed by atoms with Gasteiger partial charge in [0.05, 0.1) is 0 Å². The first kappa shape index (κ1) is 41.4. The molecule has 0 atom stereocenters. The molecule has 0 amide bonds. The summed E-state index contributed by atoms with van der Waals surface area (Å²) in [5.74, 6) is -0.724. The Balaban J connectivity index is 4.20. The first-order chi connectivity index (χ1) is 20.9. The molecule has 0 aliphatic carbocycles. The third kappa shape index (κ3) is 27.0. The molecule has 0 spiro atoms. The van der Waals surface area contributed by atoms with Crippen LogP contribution in [0.4, 0.5) is 0 Å². The zero-order valence-corrected chi connectivity index (χ0v) is 30.3. The number of hydrogen-bond acceptors (Lipinski definition) is 1. The molecule has 0 saturated carbocycles. The molecule has 1 N–H and O–H groups in total. The molecule has 0 saturated heterocycles. The van der Waals surface area contributed by atoms with Gasteiger partial charge < -0.3 is 5.11 Å². The Bertz CT molecular complexity index is 1070. The Kier molecular flexibility index (Phi) is 25.2. The Morgan fingerprint density at radius 3 is 0.795 bits per heavy atom. The van der Waals surface area contributed by atoms with Gasteiger partial charge in [0.1, 0.15) is 0 Å². The van der Waals surface area contributed by atoms with Crippen LogP contribution in [-0.4, -0.2) is 11.1 Å². The van der Waals surface area contributed by atoms with Crippen molar-refractivity contribution in [2.75, 3.05) is 0 Å². The Morgan fingerprint density at radius 2 is 0.568 bits per heavy atom. The van der Waals surface area contributed by atoms with Crippen LogP contribution in [0, 0.1) is 0 Å². The number of carboxylic acids is 1. The molecule has 248 valence electrons. The van der Waals surface area contributed by atoms with Gasteiger partial charge >= 0.3 is 5.97 Å². The minimum absolute atomic E-state index is 0.221. The summed E-state index contributed by atoms with van der Waals surface area (Å²) in [6, 6.07) is 0. The molecule has 0 unspecified atom stereocenters. The Hall–Kier alpha value is -2.61. The molecule has 0 rings (SSSR count).